The van der Waals surface area contributed by atoms with Crippen molar-refractivity contribution in [3.8, 4) is 0 Å². The number of aliphatic hydroxyl groups excluding tert-OH is 1. The number of carbonyl (C=O) groups excluding carboxylic acids is 3. The molecular weight excluding hydrogens is 423 g/mol. The minimum atomic E-state index is -1.93. The molecule has 7 atom stereocenters. The van der Waals surface area contributed by atoms with Crippen molar-refractivity contribution in [3.05, 3.63) is 34.9 Å². The highest BCUT2D eigenvalue weighted by Crippen LogP contribution is 2.69. The monoisotopic (exact) mass is 458 g/mol. The minimum Gasteiger partial charge on any atom is -0.457 e. The van der Waals surface area contributed by atoms with Gasteiger partial charge in [-0.3, -0.25) is 14.4 Å². The fraction of sp³-hybridized carbons (Fsp3) is 0.667. The van der Waals surface area contributed by atoms with Crippen LogP contribution in [-0.2, 0) is 19.1 Å². The first-order valence-corrected chi connectivity index (χ1v) is 12.1. The lowest BCUT2D eigenvalue weighted by Crippen LogP contribution is -2.67. The van der Waals surface area contributed by atoms with Crippen LogP contribution < -0.4 is 0 Å². The molecule has 0 spiro atoms. The first-order chi connectivity index (χ1) is 15.4. The molecule has 0 saturated heterocycles. The van der Waals surface area contributed by atoms with Gasteiger partial charge in [0.2, 0.25) is 0 Å². The number of halogens is 1. The number of esters is 1. The van der Waals surface area contributed by atoms with Gasteiger partial charge in [0, 0.05) is 29.2 Å². The Bertz CT molecular complexity index is 992. The fourth-order valence-corrected chi connectivity index (χ4v) is 7.67. The highest BCUT2D eigenvalue weighted by atomic mass is 19.1. The second kappa shape index (κ2) is 8.00. The highest BCUT2D eigenvalue weighted by molar-refractivity contribution is 6.01. The van der Waals surface area contributed by atoms with Gasteiger partial charge in [0.05, 0.1) is 6.10 Å². The quantitative estimate of drug-likeness (QED) is 0.616. The summed E-state index contributed by atoms with van der Waals surface area (Å²) < 4.78 is 22.3. The van der Waals surface area contributed by atoms with Crippen LogP contribution in [0, 0.1) is 28.6 Å². The number of ether oxygens (including phenoxy) is 1. The smallest absolute Gasteiger partial charge is 0.303 e. The molecule has 0 bridgehead atoms. The molecule has 2 fully saturated rings. The molecule has 0 aromatic rings. The van der Waals surface area contributed by atoms with E-state index in [-0.39, 0.29) is 36.4 Å². The molecule has 7 unspecified atom stereocenters. The summed E-state index contributed by atoms with van der Waals surface area (Å²) >= 11 is 0. The van der Waals surface area contributed by atoms with E-state index in [1.165, 1.54) is 13.0 Å². The molecule has 4 aliphatic rings. The van der Waals surface area contributed by atoms with Crippen LogP contribution in [0.3, 0.4) is 0 Å². The Balaban J connectivity index is 1.79. The predicted octanol–water partition coefficient (Wildman–Crippen LogP) is 4.44. The number of Topliss-reactive ketones (excluding diaryl/α,β-unsaturated/α-hetero) is 1. The van der Waals surface area contributed by atoms with Crippen molar-refractivity contribution in [2.75, 3.05) is 6.61 Å². The maximum Gasteiger partial charge on any atom is 0.303 e. The third kappa shape index (κ3) is 3.31. The van der Waals surface area contributed by atoms with Crippen LogP contribution in [0.1, 0.15) is 66.7 Å². The Hall–Kier alpha value is -2.08. The Morgan fingerprint density at radius 2 is 1.97 bits per heavy atom. The van der Waals surface area contributed by atoms with E-state index in [0.29, 0.717) is 18.4 Å². The number of hydrogen-bond acceptors (Lipinski definition) is 5. The number of fused-ring (bicyclic) bond motifs is 5. The molecule has 1 N–H and O–H groups in total. The molecule has 0 amide bonds. The molecule has 5 nitrogen and oxygen atoms in total. The van der Waals surface area contributed by atoms with Crippen molar-refractivity contribution in [3.63, 3.8) is 0 Å². The summed E-state index contributed by atoms with van der Waals surface area (Å²) in [6.07, 6.45) is 6.15. The number of alkyl halides is 1. The second-order valence-corrected chi connectivity index (χ2v) is 10.9. The number of rotatable bonds is 5. The zero-order chi connectivity index (χ0) is 24.3. The molecule has 0 radical (unpaired) electrons. The molecule has 2 saturated carbocycles. The molecular formula is C27H35FO5. The largest absolute Gasteiger partial charge is 0.457 e. The summed E-state index contributed by atoms with van der Waals surface area (Å²) in [4.78, 5) is 36.7. The number of hydrogen-bond donors (Lipinski definition) is 1. The van der Waals surface area contributed by atoms with Gasteiger partial charge in [-0.05, 0) is 56.6 Å². The lowest BCUT2D eigenvalue weighted by Gasteiger charge is -2.63. The summed E-state index contributed by atoms with van der Waals surface area (Å²) in [5.41, 5.74) is -1.30. The maximum atomic E-state index is 17.3. The molecule has 0 aliphatic heterocycles. The summed E-state index contributed by atoms with van der Waals surface area (Å²) in [6.45, 7) is 8.79. The SMILES string of the molecule is CCCC1=C(C(=O)COC(C)=O)C2(C)CC(O)C3(F)C(CC(C)C4=CC(=O)C=CC43C)C2C1. The van der Waals surface area contributed by atoms with Crippen LogP contribution in [0.15, 0.2) is 34.9 Å². The van der Waals surface area contributed by atoms with Gasteiger partial charge in [-0.25, -0.2) is 4.39 Å². The van der Waals surface area contributed by atoms with E-state index in [9.17, 15) is 19.5 Å². The summed E-state index contributed by atoms with van der Waals surface area (Å²) in [6, 6.07) is 0. The number of ketones is 2. The van der Waals surface area contributed by atoms with Crippen molar-refractivity contribution in [1.82, 2.24) is 0 Å². The van der Waals surface area contributed by atoms with Gasteiger partial charge in [-0.2, -0.15) is 0 Å². The van der Waals surface area contributed by atoms with E-state index in [4.69, 9.17) is 4.74 Å². The van der Waals surface area contributed by atoms with Crippen molar-refractivity contribution in [2.24, 2.45) is 28.6 Å². The third-order valence-corrected chi connectivity index (χ3v) is 8.99. The van der Waals surface area contributed by atoms with E-state index in [1.54, 1.807) is 19.1 Å². The van der Waals surface area contributed by atoms with Gasteiger partial charge >= 0.3 is 5.97 Å². The number of carbonyl (C=O) groups is 3. The van der Waals surface area contributed by atoms with E-state index in [0.717, 1.165) is 24.0 Å². The fourth-order valence-electron chi connectivity index (χ4n) is 7.67. The summed E-state index contributed by atoms with van der Waals surface area (Å²) in [5, 5.41) is 11.4. The Morgan fingerprint density at radius 1 is 1.27 bits per heavy atom. The van der Waals surface area contributed by atoms with Crippen molar-refractivity contribution in [2.45, 2.75) is 78.5 Å². The first kappa shape index (κ1) is 24.1. The van der Waals surface area contributed by atoms with Gasteiger partial charge in [0.1, 0.15) is 0 Å². The van der Waals surface area contributed by atoms with Crippen LogP contribution in [0.2, 0.25) is 0 Å². The van der Waals surface area contributed by atoms with Gasteiger partial charge in [-0.1, -0.05) is 44.4 Å². The standard InChI is InChI=1S/C27H35FO5/c1-6-7-17-11-20-21-10-15(2)19-12-18(30)8-9-26(19,5)27(21,28)23(32)13-25(20,4)24(17)22(31)14-33-16(3)29/h8-9,12,15,20-21,23,32H,6-7,10-11,13-14H2,1-5H3. The van der Waals surface area contributed by atoms with Gasteiger partial charge in [-0.15, -0.1) is 0 Å². The number of aliphatic hydroxyl groups is 1. The van der Waals surface area contributed by atoms with Crippen LogP contribution in [-0.4, -0.2) is 41.0 Å². The third-order valence-electron chi connectivity index (χ3n) is 8.99. The molecule has 0 aromatic heterocycles. The van der Waals surface area contributed by atoms with E-state index < -0.39 is 34.5 Å². The highest BCUT2D eigenvalue weighted by Gasteiger charge is 2.71. The van der Waals surface area contributed by atoms with E-state index in [1.807, 2.05) is 20.8 Å². The Morgan fingerprint density at radius 3 is 2.61 bits per heavy atom. The van der Waals surface area contributed by atoms with Crippen molar-refractivity contribution < 1.29 is 28.6 Å². The summed E-state index contributed by atoms with van der Waals surface area (Å²) in [7, 11) is 0. The second-order valence-electron chi connectivity index (χ2n) is 10.9. The minimum absolute atomic E-state index is 0.0113. The molecule has 6 heteroatoms. The normalized spacial score (nSPS) is 41.8. The topological polar surface area (TPSA) is 80.7 Å². The van der Waals surface area contributed by atoms with E-state index in [2.05, 4.69) is 0 Å². The van der Waals surface area contributed by atoms with Crippen LogP contribution in [0.5, 0.6) is 0 Å². The molecule has 4 rings (SSSR count). The number of allylic oxidation sites excluding steroid dienone is 5. The molecule has 180 valence electrons. The Labute approximate surface area is 195 Å². The lowest BCUT2D eigenvalue weighted by molar-refractivity contribution is -0.191. The molecule has 0 aromatic carbocycles. The lowest BCUT2D eigenvalue weighted by atomic mass is 9.43. The van der Waals surface area contributed by atoms with Crippen molar-refractivity contribution >= 4 is 17.5 Å². The zero-order valence-corrected chi connectivity index (χ0v) is 20.2. The van der Waals surface area contributed by atoms with Crippen LogP contribution in [0.4, 0.5) is 4.39 Å². The zero-order valence-electron chi connectivity index (χ0n) is 20.2. The average Bonchev–Trinajstić information content (AvgIpc) is 3.02. The Kier molecular flexibility index (Phi) is 5.83. The molecule has 33 heavy (non-hydrogen) atoms. The van der Waals surface area contributed by atoms with E-state index >= 15 is 4.39 Å². The maximum absolute atomic E-state index is 17.3. The molecule has 4 aliphatic carbocycles. The predicted molar refractivity (Wildman–Crippen MR) is 122 cm³/mol. The van der Waals surface area contributed by atoms with Gasteiger partial charge in [0.25, 0.3) is 0 Å². The molecule has 0 heterocycles. The summed E-state index contributed by atoms with van der Waals surface area (Å²) in [5.74, 6) is -1.52. The van der Waals surface area contributed by atoms with Gasteiger partial charge < -0.3 is 9.84 Å². The first-order valence-electron chi connectivity index (χ1n) is 12.1. The van der Waals surface area contributed by atoms with Crippen LogP contribution in [0.25, 0.3) is 0 Å². The van der Waals surface area contributed by atoms with Gasteiger partial charge in [0.15, 0.2) is 23.8 Å². The van der Waals surface area contributed by atoms with Crippen LogP contribution >= 0.6 is 0 Å². The average molecular weight is 459 g/mol. The van der Waals surface area contributed by atoms with Crippen molar-refractivity contribution in [1.29, 1.82) is 0 Å².